The molecular formula is C18H22Cl2N2O2. The number of rotatable bonds is 6. The third-order valence-electron chi connectivity index (χ3n) is 3.83. The molecule has 0 saturated carbocycles. The van der Waals surface area contributed by atoms with Gasteiger partial charge >= 0.3 is 0 Å². The first-order valence-electron chi connectivity index (χ1n) is 7.43. The largest absolute Gasteiger partial charge is 0.496 e. The molecule has 0 aliphatic heterocycles. The summed E-state index contributed by atoms with van der Waals surface area (Å²) in [6.07, 6.45) is 0. The zero-order chi connectivity index (χ0) is 16.8. The molecule has 0 aromatic heterocycles. The number of ether oxygens (including phenoxy) is 1. The summed E-state index contributed by atoms with van der Waals surface area (Å²) in [6, 6.07) is 14.6. The number of halogens is 2. The van der Waals surface area contributed by atoms with Gasteiger partial charge in [-0.15, -0.1) is 12.4 Å². The Morgan fingerprint density at radius 2 is 1.92 bits per heavy atom. The van der Waals surface area contributed by atoms with Crippen molar-refractivity contribution in [2.24, 2.45) is 11.7 Å². The van der Waals surface area contributed by atoms with Crippen molar-refractivity contribution < 1.29 is 9.53 Å². The molecule has 2 rings (SSSR count). The summed E-state index contributed by atoms with van der Waals surface area (Å²) in [5.74, 6) is 0.237. The van der Waals surface area contributed by atoms with E-state index in [9.17, 15) is 4.79 Å². The molecule has 0 radical (unpaired) electrons. The summed E-state index contributed by atoms with van der Waals surface area (Å²) in [7, 11) is 1.59. The quantitative estimate of drug-likeness (QED) is 0.816. The molecular weight excluding hydrogens is 347 g/mol. The minimum atomic E-state index is -0.350. The van der Waals surface area contributed by atoms with E-state index in [1.54, 1.807) is 25.3 Å². The monoisotopic (exact) mass is 368 g/mol. The number of nitrogens with two attached hydrogens (primary N) is 1. The van der Waals surface area contributed by atoms with Gasteiger partial charge in [-0.3, -0.25) is 4.79 Å². The van der Waals surface area contributed by atoms with Crippen LogP contribution in [0.1, 0.15) is 24.1 Å². The zero-order valence-electron chi connectivity index (χ0n) is 13.7. The Hall–Kier alpha value is -1.75. The van der Waals surface area contributed by atoms with Gasteiger partial charge in [-0.2, -0.15) is 0 Å². The molecule has 24 heavy (non-hydrogen) atoms. The summed E-state index contributed by atoms with van der Waals surface area (Å²) in [5, 5.41) is 3.49. The molecule has 0 heterocycles. The Morgan fingerprint density at radius 3 is 2.54 bits per heavy atom. The van der Waals surface area contributed by atoms with Gasteiger partial charge in [0.25, 0.3) is 0 Å². The van der Waals surface area contributed by atoms with E-state index < -0.39 is 0 Å². The van der Waals surface area contributed by atoms with Crippen LogP contribution in [-0.4, -0.2) is 13.0 Å². The van der Waals surface area contributed by atoms with E-state index in [0.717, 1.165) is 11.1 Å². The van der Waals surface area contributed by atoms with E-state index in [0.29, 0.717) is 17.3 Å². The minimum absolute atomic E-state index is 0. The van der Waals surface area contributed by atoms with Gasteiger partial charge in [0.05, 0.1) is 13.0 Å². The van der Waals surface area contributed by atoms with E-state index in [1.165, 1.54) is 0 Å². The van der Waals surface area contributed by atoms with E-state index in [-0.39, 0.29) is 30.3 Å². The second-order valence-electron chi connectivity index (χ2n) is 5.40. The van der Waals surface area contributed by atoms with Crippen LogP contribution >= 0.6 is 24.0 Å². The molecule has 2 aromatic rings. The topological polar surface area (TPSA) is 64.3 Å². The van der Waals surface area contributed by atoms with Crippen LogP contribution in [0.3, 0.4) is 0 Å². The standard InChI is InChI=1S/C18H21ClN2O2.ClH/c1-12(17(20)13-6-4-3-5-7-13)18(22)21-11-14-10-15(19)8-9-16(14)23-2;/h3-10,12,17H,11,20H2,1-2H3,(H,21,22);1H. The molecule has 130 valence electrons. The summed E-state index contributed by atoms with van der Waals surface area (Å²) in [4.78, 5) is 12.4. The lowest BCUT2D eigenvalue weighted by Crippen LogP contribution is -2.35. The number of benzene rings is 2. The molecule has 0 bridgehead atoms. The fourth-order valence-electron chi connectivity index (χ4n) is 2.36. The highest BCUT2D eigenvalue weighted by Crippen LogP contribution is 2.23. The normalized spacial score (nSPS) is 12.7. The summed E-state index contributed by atoms with van der Waals surface area (Å²) < 4.78 is 5.28. The summed E-state index contributed by atoms with van der Waals surface area (Å²) in [6.45, 7) is 2.16. The Kier molecular flexibility index (Phi) is 8.05. The van der Waals surface area contributed by atoms with Crippen molar-refractivity contribution in [2.45, 2.75) is 19.5 Å². The molecule has 0 spiro atoms. The van der Waals surface area contributed by atoms with Crippen molar-refractivity contribution >= 4 is 29.9 Å². The van der Waals surface area contributed by atoms with Crippen molar-refractivity contribution in [3.05, 3.63) is 64.7 Å². The van der Waals surface area contributed by atoms with Crippen molar-refractivity contribution in [1.29, 1.82) is 0 Å². The molecule has 4 nitrogen and oxygen atoms in total. The predicted octanol–water partition coefficient (Wildman–Crippen LogP) is 3.72. The average molecular weight is 369 g/mol. The first-order valence-corrected chi connectivity index (χ1v) is 7.81. The zero-order valence-corrected chi connectivity index (χ0v) is 15.2. The van der Waals surface area contributed by atoms with Gasteiger partial charge in [0, 0.05) is 23.2 Å². The number of nitrogens with one attached hydrogen (secondary N) is 1. The molecule has 0 saturated heterocycles. The van der Waals surface area contributed by atoms with Gasteiger partial charge in [0.15, 0.2) is 0 Å². The molecule has 0 aliphatic rings. The smallest absolute Gasteiger partial charge is 0.225 e. The van der Waals surface area contributed by atoms with Crippen LogP contribution in [0.4, 0.5) is 0 Å². The van der Waals surface area contributed by atoms with Crippen LogP contribution in [0.2, 0.25) is 5.02 Å². The van der Waals surface area contributed by atoms with Crippen LogP contribution in [0.15, 0.2) is 48.5 Å². The average Bonchev–Trinajstić information content (AvgIpc) is 2.59. The van der Waals surface area contributed by atoms with Crippen molar-refractivity contribution in [2.75, 3.05) is 7.11 Å². The van der Waals surface area contributed by atoms with Gasteiger partial charge in [-0.05, 0) is 23.8 Å². The lowest BCUT2D eigenvalue weighted by Gasteiger charge is -2.20. The SMILES string of the molecule is COc1ccc(Cl)cc1CNC(=O)C(C)C(N)c1ccccc1.Cl. The number of methoxy groups -OCH3 is 1. The van der Waals surface area contributed by atoms with Gasteiger partial charge in [0.1, 0.15) is 5.75 Å². The maximum atomic E-state index is 12.4. The summed E-state index contributed by atoms with van der Waals surface area (Å²) in [5.41, 5.74) is 7.95. The highest BCUT2D eigenvalue weighted by molar-refractivity contribution is 6.30. The minimum Gasteiger partial charge on any atom is -0.496 e. The van der Waals surface area contributed by atoms with Crippen LogP contribution in [0, 0.1) is 5.92 Å². The second kappa shape index (κ2) is 9.52. The van der Waals surface area contributed by atoms with E-state index >= 15 is 0 Å². The van der Waals surface area contributed by atoms with Crippen molar-refractivity contribution in [1.82, 2.24) is 5.32 Å². The van der Waals surface area contributed by atoms with Gasteiger partial charge in [-0.1, -0.05) is 48.9 Å². The molecule has 0 aliphatic carbocycles. The fourth-order valence-corrected chi connectivity index (χ4v) is 2.55. The van der Waals surface area contributed by atoms with Crippen LogP contribution in [0.5, 0.6) is 5.75 Å². The lowest BCUT2D eigenvalue weighted by atomic mass is 9.94. The highest BCUT2D eigenvalue weighted by atomic mass is 35.5. The van der Waals surface area contributed by atoms with Gasteiger partial charge in [0.2, 0.25) is 5.91 Å². The highest BCUT2D eigenvalue weighted by Gasteiger charge is 2.22. The second-order valence-corrected chi connectivity index (χ2v) is 5.84. The van der Waals surface area contributed by atoms with Crippen LogP contribution in [0.25, 0.3) is 0 Å². The Bertz CT molecular complexity index is 665. The Morgan fingerprint density at radius 1 is 1.25 bits per heavy atom. The van der Waals surface area contributed by atoms with Gasteiger partial charge < -0.3 is 15.8 Å². The summed E-state index contributed by atoms with van der Waals surface area (Å²) >= 11 is 5.99. The predicted molar refractivity (Wildman–Crippen MR) is 99.6 cm³/mol. The number of amides is 1. The molecule has 1 amide bonds. The first-order chi connectivity index (χ1) is 11.0. The Balaban J connectivity index is 0.00000288. The molecule has 2 aromatic carbocycles. The third kappa shape index (κ3) is 5.13. The number of hydrogen-bond donors (Lipinski definition) is 2. The molecule has 0 fully saturated rings. The number of hydrogen-bond acceptors (Lipinski definition) is 3. The van der Waals surface area contributed by atoms with E-state index in [2.05, 4.69) is 5.32 Å². The lowest BCUT2D eigenvalue weighted by molar-refractivity contribution is -0.125. The number of carbonyl (C=O) groups is 1. The molecule has 6 heteroatoms. The maximum absolute atomic E-state index is 12.4. The van der Waals surface area contributed by atoms with Crippen LogP contribution in [-0.2, 0) is 11.3 Å². The maximum Gasteiger partial charge on any atom is 0.225 e. The van der Waals surface area contributed by atoms with Crippen molar-refractivity contribution in [3.63, 3.8) is 0 Å². The van der Waals surface area contributed by atoms with E-state index in [4.69, 9.17) is 22.1 Å². The number of carbonyl (C=O) groups excluding carboxylic acids is 1. The first kappa shape index (κ1) is 20.3. The molecule has 3 N–H and O–H groups in total. The molecule has 2 atom stereocenters. The van der Waals surface area contributed by atoms with E-state index in [1.807, 2.05) is 37.3 Å². The third-order valence-corrected chi connectivity index (χ3v) is 4.07. The van der Waals surface area contributed by atoms with Crippen LogP contribution < -0.4 is 15.8 Å². The molecule has 2 unspecified atom stereocenters. The van der Waals surface area contributed by atoms with Crippen molar-refractivity contribution in [3.8, 4) is 5.75 Å². The van der Waals surface area contributed by atoms with Gasteiger partial charge in [-0.25, -0.2) is 0 Å². The fraction of sp³-hybridized carbons (Fsp3) is 0.278. The Labute approximate surface area is 153 Å².